The average Bonchev–Trinajstić information content (AvgIpc) is 2.85. The summed E-state index contributed by atoms with van der Waals surface area (Å²) < 4.78 is 14.9. The third-order valence-corrected chi connectivity index (χ3v) is 2.53. The van der Waals surface area contributed by atoms with Crippen LogP contribution in [0.4, 0.5) is 10.1 Å². The van der Waals surface area contributed by atoms with E-state index in [1.807, 2.05) is 6.92 Å². The molecular formula is C12H12FN5. The molecule has 1 aromatic heterocycles. The van der Waals surface area contributed by atoms with Gasteiger partial charge >= 0.3 is 0 Å². The minimum Gasteiger partial charge on any atom is -0.378 e. The molecule has 0 amide bonds. The fraction of sp³-hybridized carbons (Fsp3) is 0.250. The maximum absolute atomic E-state index is 13.1. The first-order chi connectivity index (χ1) is 8.74. The molecule has 92 valence electrons. The predicted octanol–water partition coefficient (Wildman–Crippen LogP) is 1.92. The summed E-state index contributed by atoms with van der Waals surface area (Å²) in [6.45, 7) is 3.19. The highest BCUT2D eigenvalue weighted by atomic mass is 19.1. The van der Waals surface area contributed by atoms with Crippen molar-refractivity contribution in [3.8, 4) is 6.07 Å². The molecule has 1 heterocycles. The number of nitrogens with one attached hydrogen (secondary N) is 1. The number of rotatable bonds is 4. The van der Waals surface area contributed by atoms with E-state index in [9.17, 15) is 4.39 Å². The molecule has 0 saturated heterocycles. The molecule has 1 N–H and O–H groups in total. The van der Waals surface area contributed by atoms with Crippen LogP contribution in [0.2, 0.25) is 0 Å². The van der Waals surface area contributed by atoms with Crippen molar-refractivity contribution in [2.45, 2.75) is 20.0 Å². The Morgan fingerprint density at radius 1 is 1.50 bits per heavy atom. The van der Waals surface area contributed by atoms with Crippen LogP contribution in [0.5, 0.6) is 0 Å². The molecule has 18 heavy (non-hydrogen) atoms. The Morgan fingerprint density at radius 3 is 3.06 bits per heavy atom. The molecular weight excluding hydrogens is 233 g/mol. The van der Waals surface area contributed by atoms with Crippen LogP contribution in [0.3, 0.4) is 0 Å². The molecule has 0 unspecified atom stereocenters. The molecule has 0 spiro atoms. The Kier molecular flexibility index (Phi) is 3.53. The van der Waals surface area contributed by atoms with E-state index in [4.69, 9.17) is 5.26 Å². The fourth-order valence-electron chi connectivity index (χ4n) is 1.59. The van der Waals surface area contributed by atoms with Gasteiger partial charge in [0.2, 0.25) is 0 Å². The summed E-state index contributed by atoms with van der Waals surface area (Å²) in [5, 5.41) is 15.9. The number of aromatic nitrogens is 3. The number of hydrogen-bond donors (Lipinski definition) is 1. The number of halogens is 1. The second-order valence-corrected chi connectivity index (χ2v) is 3.65. The molecule has 0 aliphatic heterocycles. The largest absolute Gasteiger partial charge is 0.378 e. The van der Waals surface area contributed by atoms with Gasteiger partial charge in [-0.05, 0) is 25.1 Å². The van der Waals surface area contributed by atoms with Gasteiger partial charge in [-0.1, -0.05) is 0 Å². The topological polar surface area (TPSA) is 66.5 Å². The predicted molar refractivity (Wildman–Crippen MR) is 64.1 cm³/mol. The molecule has 2 aromatic rings. The van der Waals surface area contributed by atoms with Gasteiger partial charge in [-0.15, -0.1) is 0 Å². The van der Waals surface area contributed by atoms with E-state index in [0.717, 1.165) is 12.4 Å². The van der Waals surface area contributed by atoms with Crippen LogP contribution in [0.15, 0.2) is 24.5 Å². The Bertz CT molecular complexity index is 584. The van der Waals surface area contributed by atoms with Crippen molar-refractivity contribution < 1.29 is 4.39 Å². The summed E-state index contributed by atoms with van der Waals surface area (Å²) in [6, 6.07) is 6.13. The lowest BCUT2D eigenvalue weighted by Gasteiger charge is -2.07. The minimum atomic E-state index is -0.514. The normalized spacial score (nSPS) is 10.1. The van der Waals surface area contributed by atoms with Gasteiger partial charge in [0.1, 0.15) is 24.0 Å². The van der Waals surface area contributed by atoms with Gasteiger partial charge in [0, 0.05) is 12.2 Å². The first kappa shape index (κ1) is 12.0. The lowest BCUT2D eigenvalue weighted by atomic mass is 10.2. The van der Waals surface area contributed by atoms with Gasteiger partial charge in [-0.2, -0.15) is 10.4 Å². The number of nitriles is 1. The van der Waals surface area contributed by atoms with E-state index in [1.165, 1.54) is 18.5 Å². The Hall–Kier alpha value is -2.42. The lowest BCUT2D eigenvalue weighted by Crippen LogP contribution is -2.09. The van der Waals surface area contributed by atoms with Gasteiger partial charge in [0.25, 0.3) is 0 Å². The number of benzene rings is 1. The fourth-order valence-corrected chi connectivity index (χ4v) is 1.59. The van der Waals surface area contributed by atoms with Crippen molar-refractivity contribution >= 4 is 5.69 Å². The summed E-state index contributed by atoms with van der Waals surface area (Å²) in [7, 11) is 0. The summed E-state index contributed by atoms with van der Waals surface area (Å²) in [5.74, 6) is 0.278. The van der Waals surface area contributed by atoms with Gasteiger partial charge in [-0.3, -0.25) is 0 Å². The molecule has 0 saturated carbocycles. The van der Waals surface area contributed by atoms with Crippen LogP contribution in [-0.2, 0) is 13.1 Å². The van der Waals surface area contributed by atoms with Crippen molar-refractivity contribution in [2.24, 2.45) is 0 Å². The SMILES string of the molecule is CCn1ncnc1CNc1ccc(F)c(C#N)c1. The molecule has 0 aliphatic carbocycles. The highest BCUT2D eigenvalue weighted by molar-refractivity contribution is 5.49. The summed E-state index contributed by atoms with van der Waals surface area (Å²) >= 11 is 0. The molecule has 0 radical (unpaired) electrons. The number of nitrogens with zero attached hydrogens (tertiary/aromatic N) is 4. The second kappa shape index (κ2) is 5.27. The van der Waals surface area contributed by atoms with E-state index in [0.29, 0.717) is 12.2 Å². The molecule has 0 fully saturated rings. The van der Waals surface area contributed by atoms with Crippen LogP contribution in [0, 0.1) is 17.1 Å². The Morgan fingerprint density at radius 2 is 2.33 bits per heavy atom. The maximum atomic E-state index is 13.1. The standard InChI is InChI=1S/C12H12FN5/c1-2-18-12(16-8-17-18)7-15-10-3-4-11(13)9(5-10)6-14/h3-5,8,15H,2,7H2,1H3. The third kappa shape index (κ3) is 2.46. The molecule has 2 rings (SSSR count). The zero-order valence-electron chi connectivity index (χ0n) is 9.89. The average molecular weight is 245 g/mol. The Labute approximate surface area is 104 Å². The van der Waals surface area contributed by atoms with Crippen LogP contribution < -0.4 is 5.32 Å². The zero-order chi connectivity index (χ0) is 13.0. The van der Waals surface area contributed by atoms with E-state index in [1.54, 1.807) is 16.8 Å². The second-order valence-electron chi connectivity index (χ2n) is 3.65. The first-order valence-electron chi connectivity index (χ1n) is 5.54. The first-order valence-corrected chi connectivity index (χ1v) is 5.54. The van der Waals surface area contributed by atoms with Crippen molar-refractivity contribution in [3.05, 3.63) is 41.7 Å². The Balaban J connectivity index is 2.09. The number of anilines is 1. The minimum absolute atomic E-state index is 0.0250. The van der Waals surface area contributed by atoms with Gasteiger partial charge in [0.15, 0.2) is 0 Å². The maximum Gasteiger partial charge on any atom is 0.146 e. The van der Waals surface area contributed by atoms with Crippen LogP contribution in [-0.4, -0.2) is 14.8 Å². The van der Waals surface area contributed by atoms with Crippen molar-refractivity contribution in [1.82, 2.24) is 14.8 Å². The summed E-state index contributed by atoms with van der Waals surface area (Å²) in [4.78, 5) is 4.11. The molecule has 5 nitrogen and oxygen atoms in total. The summed E-state index contributed by atoms with van der Waals surface area (Å²) in [6.07, 6.45) is 1.49. The zero-order valence-corrected chi connectivity index (χ0v) is 9.89. The van der Waals surface area contributed by atoms with Crippen molar-refractivity contribution in [3.63, 3.8) is 0 Å². The highest BCUT2D eigenvalue weighted by Gasteiger charge is 2.05. The smallest absolute Gasteiger partial charge is 0.146 e. The quantitative estimate of drug-likeness (QED) is 0.893. The summed E-state index contributed by atoms with van der Waals surface area (Å²) in [5.41, 5.74) is 0.704. The van der Waals surface area contributed by atoms with Gasteiger partial charge in [0.05, 0.1) is 12.1 Å². The van der Waals surface area contributed by atoms with E-state index in [2.05, 4.69) is 15.4 Å². The monoisotopic (exact) mass is 245 g/mol. The van der Waals surface area contributed by atoms with Crippen molar-refractivity contribution in [2.75, 3.05) is 5.32 Å². The number of aryl methyl sites for hydroxylation is 1. The number of hydrogen-bond acceptors (Lipinski definition) is 4. The van der Waals surface area contributed by atoms with E-state index >= 15 is 0 Å². The van der Waals surface area contributed by atoms with E-state index in [-0.39, 0.29) is 5.56 Å². The van der Waals surface area contributed by atoms with Crippen LogP contribution >= 0.6 is 0 Å². The molecule has 1 aromatic carbocycles. The molecule has 0 atom stereocenters. The van der Waals surface area contributed by atoms with Crippen LogP contribution in [0.25, 0.3) is 0 Å². The lowest BCUT2D eigenvalue weighted by molar-refractivity contribution is 0.620. The van der Waals surface area contributed by atoms with Gasteiger partial charge < -0.3 is 5.32 Å². The van der Waals surface area contributed by atoms with Crippen molar-refractivity contribution in [1.29, 1.82) is 5.26 Å². The molecule has 0 bridgehead atoms. The highest BCUT2D eigenvalue weighted by Crippen LogP contribution is 2.14. The molecule has 6 heteroatoms. The van der Waals surface area contributed by atoms with E-state index < -0.39 is 5.82 Å². The van der Waals surface area contributed by atoms with Crippen LogP contribution in [0.1, 0.15) is 18.3 Å². The third-order valence-electron chi connectivity index (χ3n) is 2.53. The van der Waals surface area contributed by atoms with Gasteiger partial charge in [-0.25, -0.2) is 14.1 Å². The molecule has 0 aliphatic rings.